The van der Waals surface area contributed by atoms with Crippen LogP contribution in [0.25, 0.3) is 11.0 Å². The second kappa shape index (κ2) is 8.81. The molecule has 7 heteroatoms. The molecule has 0 fully saturated rings. The summed E-state index contributed by atoms with van der Waals surface area (Å²) in [7, 11) is 0. The Bertz CT molecular complexity index is 1170. The lowest BCUT2D eigenvalue weighted by atomic mass is 9.95. The number of anilines is 1. The maximum atomic E-state index is 12.1. The smallest absolute Gasteiger partial charge is 0.336 e. The van der Waals surface area contributed by atoms with Gasteiger partial charge in [0.25, 0.3) is 0 Å². The number of nitrogens with one attached hydrogen (secondary N) is 2. The lowest BCUT2D eigenvalue weighted by molar-refractivity contribution is -0.114. The number of ether oxygens (including phenoxy) is 2. The molecule has 2 N–H and O–H groups in total. The third kappa shape index (κ3) is 4.72. The molecule has 0 aliphatic carbocycles. The SMILES string of the molecule is CC(=O)Nc1ccc2c(CN[C@@H](c3ccc4c(c3)OCCO4)C(C)C)cc(=O)oc2c1. The molecule has 0 saturated heterocycles. The van der Waals surface area contributed by atoms with E-state index in [0.717, 1.165) is 28.0 Å². The summed E-state index contributed by atoms with van der Waals surface area (Å²) in [6.45, 7) is 7.31. The van der Waals surface area contributed by atoms with Gasteiger partial charge in [-0.05, 0) is 41.3 Å². The van der Waals surface area contributed by atoms with E-state index in [9.17, 15) is 9.59 Å². The maximum absolute atomic E-state index is 12.1. The summed E-state index contributed by atoms with van der Waals surface area (Å²) in [4.78, 5) is 23.5. The Morgan fingerprint density at radius 3 is 2.55 bits per heavy atom. The molecule has 3 aromatic rings. The molecule has 0 radical (unpaired) electrons. The van der Waals surface area contributed by atoms with Gasteiger partial charge in [0.1, 0.15) is 18.8 Å². The molecule has 162 valence electrons. The lowest BCUT2D eigenvalue weighted by Crippen LogP contribution is -2.26. The minimum Gasteiger partial charge on any atom is -0.486 e. The highest BCUT2D eigenvalue weighted by atomic mass is 16.6. The van der Waals surface area contributed by atoms with Gasteiger partial charge in [-0.3, -0.25) is 4.79 Å². The first-order valence-corrected chi connectivity index (χ1v) is 10.4. The summed E-state index contributed by atoms with van der Waals surface area (Å²) in [6.07, 6.45) is 0. The fraction of sp³-hybridized carbons (Fsp3) is 0.333. The molecular formula is C24H26N2O5. The van der Waals surface area contributed by atoms with Crippen molar-refractivity contribution in [3.63, 3.8) is 0 Å². The Balaban J connectivity index is 1.60. The molecule has 1 amide bonds. The zero-order chi connectivity index (χ0) is 22.0. The van der Waals surface area contributed by atoms with Crippen LogP contribution in [0, 0.1) is 5.92 Å². The van der Waals surface area contributed by atoms with Gasteiger partial charge in [0.2, 0.25) is 5.91 Å². The summed E-state index contributed by atoms with van der Waals surface area (Å²) >= 11 is 0. The van der Waals surface area contributed by atoms with Crippen LogP contribution in [0.2, 0.25) is 0 Å². The van der Waals surface area contributed by atoms with E-state index in [1.165, 1.54) is 13.0 Å². The molecule has 0 spiro atoms. The molecular weight excluding hydrogens is 396 g/mol. The highest BCUT2D eigenvalue weighted by Gasteiger charge is 2.20. The summed E-state index contributed by atoms with van der Waals surface area (Å²) in [5.74, 6) is 1.64. The van der Waals surface area contributed by atoms with E-state index in [4.69, 9.17) is 13.9 Å². The van der Waals surface area contributed by atoms with E-state index in [2.05, 4.69) is 24.5 Å². The first-order chi connectivity index (χ1) is 14.9. The Kier molecular flexibility index (Phi) is 5.95. The van der Waals surface area contributed by atoms with Crippen molar-refractivity contribution in [1.82, 2.24) is 5.32 Å². The van der Waals surface area contributed by atoms with Crippen molar-refractivity contribution in [1.29, 1.82) is 0 Å². The number of hydrogen-bond donors (Lipinski definition) is 2. The van der Waals surface area contributed by atoms with Gasteiger partial charge in [-0.25, -0.2) is 4.79 Å². The number of benzene rings is 2. The van der Waals surface area contributed by atoms with Crippen molar-refractivity contribution in [3.8, 4) is 11.5 Å². The third-order valence-corrected chi connectivity index (χ3v) is 5.26. The van der Waals surface area contributed by atoms with Crippen LogP contribution < -0.4 is 25.7 Å². The van der Waals surface area contributed by atoms with Crippen molar-refractivity contribution in [3.05, 3.63) is 64.0 Å². The van der Waals surface area contributed by atoms with Crippen LogP contribution in [0.5, 0.6) is 11.5 Å². The van der Waals surface area contributed by atoms with E-state index < -0.39 is 5.63 Å². The van der Waals surface area contributed by atoms with Gasteiger partial charge < -0.3 is 24.5 Å². The minimum absolute atomic E-state index is 0.0526. The summed E-state index contributed by atoms with van der Waals surface area (Å²) < 4.78 is 16.7. The van der Waals surface area contributed by atoms with Crippen molar-refractivity contribution in [2.24, 2.45) is 5.92 Å². The minimum atomic E-state index is -0.426. The number of hydrogen-bond acceptors (Lipinski definition) is 6. The molecule has 2 heterocycles. The summed E-state index contributed by atoms with van der Waals surface area (Å²) in [6, 6.07) is 12.9. The van der Waals surface area contributed by atoms with Crippen LogP contribution >= 0.6 is 0 Å². The second-order valence-electron chi connectivity index (χ2n) is 7.99. The van der Waals surface area contributed by atoms with Crippen LogP contribution in [0.1, 0.15) is 37.9 Å². The number of amides is 1. The second-order valence-corrected chi connectivity index (χ2v) is 7.99. The van der Waals surface area contributed by atoms with Crippen LogP contribution in [-0.2, 0) is 11.3 Å². The van der Waals surface area contributed by atoms with E-state index in [-0.39, 0.29) is 11.9 Å². The van der Waals surface area contributed by atoms with Crippen molar-refractivity contribution < 1.29 is 18.7 Å². The Hall–Kier alpha value is -3.32. The molecule has 1 atom stereocenters. The van der Waals surface area contributed by atoms with E-state index in [0.29, 0.717) is 36.9 Å². The van der Waals surface area contributed by atoms with Gasteiger partial charge in [-0.1, -0.05) is 19.9 Å². The largest absolute Gasteiger partial charge is 0.486 e. The van der Waals surface area contributed by atoms with E-state index >= 15 is 0 Å². The fourth-order valence-corrected chi connectivity index (χ4v) is 3.87. The first-order valence-electron chi connectivity index (χ1n) is 10.4. The topological polar surface area (TPSA) is 89.8 Å². The van der Waals surface area contributed by atoms with Gasteiger partial charge >= 0.3 is 5.63 Å². The summed E-state index contributed by atoms with van der Waals surface area (Å²) in [5, 5.41) is 7.11. The normalized spacial score (nSPS) is 13.9. The molecule has 0 unspecified atom stereocenters. The van der Waals surface area contributed by atoms with Crippen LogP contribution in [0.15, 0.2) is 51.7 Å². The Labute approximate surface area is 180 Å². The average molecular weight is 422 g/mol. The third-order valence-electron chi connectivity index (χ3n) is 5.26. The van der Waals surface area contributed by atoms with Crippen LogP contribution in [0.4, 0.5) is 5.69 Å². The number of carbonyl (C=O) groups is 1. The number of carbonyl (C=O) groups excluding carboxylic acids is 1. The molecule has 4 rings (SSSR count). The first kappa shape index (κ1) is 20.9. The standard InChI is InChI=1S/C24H26N2O5/c1-14(2)24(16-4-7-20-22(10-16)30-9-8-29-20)25-13-17-11-23(28)31-21-12-18(26-15(3)27)5-6-19(17)21/h4-7,10-12,14,24-25H,8-9,13H2,1-3H3,(H,26,27)/t24-/m1/s1. The monoisotopic (exact) mass is 422 g/mol. The van der Waals surface area contributed by atoms with Gasteiger partial charge in [0.15, 0.2) is 11.5 Å². The van der Waals surface area contributed by atoms with Crippen LogP contribution in [0.3, 0.4) is 0 Å². The lowest BCUT2D eigenvalue weighted by Gasteiger charge is -2.26. The number of fused-ring (bicyclic) bond motifs is 2. The molecule has 2 aromatic carbocycles. The van der Waals surface area contributed by atoms with E-state index in [1.807, 2.05) is 24.3 Å². The Morgan fingerprint density at radius 1 is 1.03 bits per heavy atom. The van der Waals surface area contributed by atoms with Crippen LogP contribution in [-0.4, -0.2) is 19.1 Å². The summed E-state index contributed by atoms with van der Waals surface area (Å²) in [5.41, 5.74) is 2.54. The predicted octanol–water partition coefficient (Wildman–Crippen LogP) is 4.01. The van der Waals surface area contributed by atoms with Crippen molar-refractivity contribution >= 4 is 22.6 Å². The van der Waals surface area contributed by atoms with Gasteiger partial charge in [-0.2, -0.15) is 0 Å². The average Bonchev–Trinajstić information content (AvgIpc) is 2.72. The van der Waals surface area contributed by atoms with Crippen molar-refractivity contribution in [2.75, 3.05) is 18.5 Å². The molecule has 31 heavy (non-hydrogen) atoms. The highest BCUT2D eigenvalue weighted by Crippen LogP contribution is 2.34. The van der Waals surface area contributed by atoms with E-state index in [1.54, 1.807) is 12.1 Å². The quantitative estimate of drug-likeness (QED) is 0.584. The predicted molar refractivity (Wildman–Crippen MR) is 119 cm³/mol. The zero-order valence-corrected chi connectivity index (χ0v) is 17.9. The van der Waals surface area contributed by atoms with Gasteiger partial charge in [-0.15, -0.1) is 0 Å². The van der Waals surface area contributed by atoms with Gasteiger partial charge in [0.05, 0.1) is 0 Å². The maximum Gasteiger partial charge on any atom is 0.336 e. The molecule has 1 aliphatic rings. The highest BCUT2D eigenvalue weighted by molar-refractivity contribution is 5.92. The molecule has 7 nitrogen and oxygen atoms in total. The zero-order valence-electron chi connectivity index (χ0n) is 17.9. The fourth-order valence-electron chi connectivity index (χ4n) is 3.87. The molecule has 0 saturated carbocycles. The van der Waals surface area contributed by atoms with Crippen molar-refractivity contribution in [2.45, 2.75) is 33.4 Å². The molecule has 1 aromatic heterocycles. The molecule has 0 bridgehead atoms. The Morgan fingerprint density at radius 2 is 1.81 bits per heavy atom. The van der Waals surface area contributed by atoms with Gasteiger partial charge in [0, 0.05) is 42.7 Å². The molecule has 1 aliphatic heterocycles. The number of rotatable bonds is 6.